The zero-order chi connectivity index (χ0) is 15.7. The molecule has 3 rings (SSSR count). The number of hydrogen-bond acceptors (Lipinski definition) is 6. The van der Waals surface area contributed by atoms with Gasteiger partial charge in [0, 0.05) is 12.7 Å². The minimum absolute atomic E-state index is 0.0916. The highest BCUT2D eigenvalue weighted by Crippen LogP contribution is 2.47. The lowest BCUT2D eigenvalue weighted by Gasteiger charge is -2.51. The standard InChI is InChI=1S/C13H12N4O4/c1-5-3-7(15)8(4-6(5)14)17-11(20)13(12(17)21)9(18)16(2)10(13)19/h3-4H,14-15H2,1-2H3. The molecular weight excluding hydrogens is 276 g/mol. The molecule has 2 aliphatic heterocycles. The number of hydrogen-bond donors (Lipinski definition) is 2. The first-order valence-electron chi connectivity index (χ1n) is 6.11. The number of benzene rings is 1. The Kier molecular flexibility index (Phi) is 2.24. The highest BCUT2D eigenvalue weighted by atomic mass is 16.2. The number of nitrogen functional groups attached to an aromatic ring is 2. The fourth-order valence-corrected chi connectivity index (χ4v) is 2.61. The Morgan fingerprint density at radius 1 is 0.905 bits per heavy atom. The van der Waals surface area contributed by atoms with Gasteiger partial charge in [0.15, 0.2) is 0 Å². The van der Waals surface area contributed by atoms with Crippen molar-refractivity contribution in [2.75, 3.05) is 23.4 Å². The molecule has 2 aliphatic rings. The summed E-state index contributed by atoms with van der Waals surface area (Å²) in [7, 11) is 1.22. The van der Waals surface area contributed by atoms with Gasteiger partial charge in [-0.3, -0.25) is 24.1 Å². The topological polar surface area (TPSA) is 127 Å². The van der Waals surface area contributed by atoms with Gasteiger partial charge in [-0.05, 0) is 24.6 Å². The maximum absolute atomic E-state index is 12.2. The minimum Gasteiger partial charge on any atom is -0.398 e. The first-order valence-corrected chi connectivity index (χ1v) is 6.11. The van der Waals surface area contributed by atoms with Crippen LogP contribution >= 0.6 is 0 Å². The van der Waals surface area contributed by atoms with Crippen molar-refractivity contribution in [2.45, 2.75) is 6.92 Å². The zero-order valence-electron chi connectivity index (χ0n) is 11.3. The number of nitrogens with two attached hydrogens (primary N) is 2. The van der Waals surface area contributed by atoms with E-state index >= 15 is 0 Å². The quantitative estimate of drug-likeness (QED) is 0.388. The summed E-state index contributed by atoms with van der Waals surface area (Å²) in [6, 6.07) is 2.90. The first-order chi connectivity index (χ1) is 9.74. The molecule has 8 heteroatoms. The van der Waals surface area contributed by atoms with Crippen molar-refractivity contribution >= 4 is 40.7 Å². The number of aryl methyl sites for hydroxylation is 1. The Morgan fingerprint density at radius 3 is 1.95 bits per heavy atom. The predicted octanol–water partition coefficient (Wildman–Crippen LogP) is -0.982. The summed E-state index contributed by atoms with van der Waals surface area (Å²) in [4.78, 5) is 49.5. The molecule has 0 radical (unpaired) electrons. The summed E-state index contributed by atoms with van der Waals surface area (Å²) < 4.78 is 0. The highest BCUT2D eigenvalue weighted by molar-refractivity contribution is 6.59. The van der Waals surface area contributed by atoms with Gasteiger partial charge in [0.25, 0.3) is 29.0 Å². The second-order valence-corrected chi connectivity index (χ2v) is 5.13. The van der Waals surface area contributed by atoms with Gasteiger partial charge in [-0.2, -0.15) is 0 Å². The number of rotatable bonds is 1. The molecular formula is C13H12N4O4. The van der Waals surface area contributed by atoms with Crippen LogP contribution in [0.2, 0.25) is 0 Å². The Morgan fingerprint density at radius 2 is 1.43 bits per heavy atom. The van der Waals surface area contributed by atoms with Crippen LogP contribution in [0.1, 0.15) is 5.56 Å². The molecule has 4 N–H and O–H groups in total. The average molecular weight is 288 g/mol. The van der Waals surface area contributed by atoms with E-state index < -0.39 is 29.0 Å². The molecule has 8 nitrogen and oxygen atoms in total. The summed E-state index contributed by atoms with van der Waals surface area (Å²) in [5.74, 6) is -3.37. The van der Waals surface area contributed by atoms with Crippen molar-refractivity contribution in [3.63, 3.8) is 0 Å². The number of amides is 4. The van der Waals surface area contributed by atoms with E-state index in [1.54, 1.807) is 6.92 Å². The number of β-lactam (4-membered cyclic amide) rings is 4. The van der Waals surface area contributed by atoms with E-state index in [1.807, 2.05) is 0 Å². The molecule has 0 saturated carbocycles. The molecule has 0 aromatic heterocycles. The number of carbonyl (C=O) groups excluding carboxylic acids is 4. The van der Waals surface area contributed by atoms with Crippen molar-refractivity contribution in [3.8, 4) is 0 Å². The maximum Gasteiger partial charge on any atom is 0.285 e. The molecule has 0 aliphatic carbocycles. The van der Waals surface area contributed by atoms with Crippen molar-refractivity contribution in [1.82, 2.24) is 4.90 Å². The molecule has 108 valence electrons. The largest absolute Gasteiger partial charge is 0.398 e. The van der Waals surface area contributed by atoms with Crippen LogP contribution in [-0.2, 0) is 19.2 Å². The molecule has 2 heterocycles. The van der Waals surface area contributed by atoms with Gasteiger partial charge in [-0.1, -0.05) is 0 Å². The van der Waals surface area contributed by atoms with Gasteiger partial charge in [0.2, 0.25) is 0 Å². The second-order valence-electron chi connectivity index (χ2n) is 5.13. The fraction of sp³-hybridized carbons (Fsp3) is 0.231. The summed E-state index contributed by atoms with van der Waals surface area (Å²) in [6.45, 7) is 1.73. The minimum atomic E-state index is -2.19. The number of imide groups is 2. The van der Waals surface area contributed by atoms with Crippen molar-refractivity contribution in [2.24, 2.45) is 5.41 Å². The third-order valence-electron chi connectivity index (χ3n) is 3.95. The van der Waals surface area contributed by atoms with E-state index in [9.17, 15) is 19.2 Å². The van der Waals surface area contributed by atoms with E-state index in [-0.39, 0.29) is 11.4 Å². The molecule has 0 atom stereocenters. The van der Waals surface area contributed by atoms with Crippen molar-refractivity contribution in [3.05, 3.63) is 17.7 Å². The molecule has 2 saturated heterocycles. The van der Waals surface area contributed by atoms with Crippen LogP contribution in [0.5, 0.6) is 0 Å². The zero-order valence-corrected chi connectivity index (χ0v) is 11.3. The van der Waals surface area contributed by atoms with Gasteiger partial charge < -0.3 is 11.5 Å². The monoisotopic (exact) mass is 288 g/mol. The maximum atomic E-state index is 12.2. The summed E-state index contributed by atoms with van der Waals surface area (Å²) >= 11 is 0. The van der Waals surface area contributed by atoms with Gasteiger partial charge >= 0.3 is 0 Å². The third-order valence-corrected chi connectivity index (χ3v) is 3.95. The number of likely N-dealkylation sites (tertiary alicyclic amines) is 1. The number of carbonyl (C=O) groups is 4. The Bertz CT molecular complexity index is 721. The summed E-state index contributed by atoms with van der Waals surface area (Å²) in [5.41, 5.74) is 10.6. The summed E-state index contributed by atoms with van der Waals surface area (Å²) in [5, 5.41) is 0. The van der Waals surface area contributed by atoms with Gasteiger partial charge in [-0.25, -0.2) is 4.90 Å². The smallest absolute Gasteiger partial charge is 0.285 e. The SMILES string of the molecule is Cc1cc(N)c(N2C(=O)C3(C(=O)N(C)C3=O)C2=O)cc1N. The third kappa shape index (κ3) is 1.20. The lowest BCUT2D eigenvalue weighted by Crippen LogP contribution is -2.83. The molecule has 2 fully saturated rings. The van der Waals surface area contributed by atoms with Crippen LogP contribution in [0, 0.1) is 12.3 Å². The Labute approximate surface area is 119 Å². The second kappa shape index (κ2) is 3.60. The van der Waals surface area contributed by atoms with E-state index in [2.05, 4.69) is 0 Å². The summed E-state index contributed by atoms with van der Waals surface area (Å²) in [6.07, 6.45) is 0. The lowest BCUT2D eigenvalue weighted by molar-refractivity contribution is -0.184. The Balaban J connectivity index is 2.04. The fourth-order valence-electron chi connectivity index (χ4n) is 2.61. The lowest BCUT2D eigenvalue weighted by atomic mass is 9.69. The van der Waals surface area contributed by atoms with Crippen molar-refractivity contribution in [1.29, 1.82) is 0 Å². The number of anilines is 3. The first kappa shape index (κ1) is 13.1. The molecule has 0 bridgehead atoms. The predicted molar refractivity (Wildman–Crippen MR) is 72.7 cm³/mol. The molecule has 4 amide bonds. The van der Waals surface area contributed by atoms with Crippen molar-refractivity contribution < 1.29 is 19.2 Å². The van der Waals surface area contributed by atoms with E-state index in [0.29, 0.717) is 11.3 Å². The molecule has 1 aromatic rings. The van der Waals surface area contributed by atoms with Crippen LogP contribution in [0.3, 0.4) is 0 Å². The molecule has 1 aromatic carbocycles. The van der Waals surface area contributed by atoms with Gasteiger partial charge in [0.05, 0.1) is 11.4 Å². The molecule has 0 unspecified atom stereocenters. The van der Waals surface area contributed by atoms with Crippen LogP contribution < -0.4 is 16.4 Å². The van der Waals surface area contributed by atoms with E-state index in [0.717, 1.165) is 9.80 Å². The van der Waals surface area contributed by atoms with Gasteiger partial charge in [-0.15, -0.1) is 0 Å². The van der Waals surface area contributed by atoms with E-state index in [4.69, 9.17) is 11.5 Å². The Hall–Kier alpha value is -2.90. The highest BCUT2D eigenvalue weighted by Gasteiger charge is 2.79. The molecule has 21 heavy (non-hydrogen) atoms. The normalized spacial score (nSPS) is 19.9. The van der Waals surface area contributed by atoms with Crippen LogP contribution in [0.15, 0.2) is 12.1 Å². The van der Waals surface area contributed by atoms with E-state index in [1.165, 1.54) is 19.2 Å². The number of nitrogens with zero attached hydrogens (tertiary/aromatic N) is 2. The van der Waals surface area contributed by atoms with Crippen LogP contribution in [0.4, 0.5) is 17.1 Å². The van der Waals surface area contributed by atoms with Gasteiger partial charge in [0.1, 0.15) is 0 Å². The average Bonchev–Trinajstić information content (AvgIpc) is 2.44. The van der Waals surface area contributed by atoms with Crippen LogP contribution in [-0.4, -0.2) is 35.6 Å². The van der Waals surface area contributed by atoms with Crippen LogP contribution in [0.25, 0.3) is 0 Å². The molecule has 1 spiro atoms.